The van der Waals surface area contributed by atoms with E-state index in [4.69, 9.17) is 4.74 Å². The monoisotopic (exact) mass is 481 g/mol. The van der Waals surface area contributed by atoms with Crippen LogP contribution in [0.4, 0.5) is 0 Å². The zero-order valence-corrected chi connectivity index (χ0v) is 16.2. The van der Waals surface area contributed by atoms with Crippen LogP contribution in [0.15, 0.2) is 15.8 Å². The molecule has 1 aromatic heterocycles. The van der Waals surface area contributed by atoms with Crippen LogP contribution in [0.3, 0.4) is 0 Å². The number of hydrogen-bond acceptors (Lipinski definition) is 16. The molecule has 3 N–H and O–H groups in total. The van der Waals surface area contributed by atoms with Gasteiger partial charge in [0.25, 0.3) is 21.2 Å². The fourth-order valence-electron chi connectivity index (χ4n) is 2.06. The second kappa shape index (κ2) is 8.56. The fourth-order valence-corrected chi connectivity index (χ4v) is 4.93. The van der Waals surface area contributed by atoms with E-state index < -0.39 is 65.9 Å². The van der Waals surface area contributed by atoms with Gasteiger partial charge in [-0.3, -0.25) is 23.2 Å². The number of hydrogen-bond donors (Lipinski definition) is 3. The Kier molecular flexibility index (Phi) is 7.14. The molecule has 0 saturated carbocycles. The van der Waals surface area contributed by atoms with Gasteiger partial charge in [0.15, 0.2) is 6.23 Å². The number of nitrogens with one attached hydrogen (secondary N) is 1. The Bertz CT molecular complexity index is 999. The van der Waals surface area contributed by atoms with Gasteiger partial charge in [-0.1, -0.05) is 0 Å². The van der Waals surface area contributed by atoms with E-state index in [9.17, 15) is 53.1 Å². The van der Waals surface area contributed by atoms with Crippen LogP contribution in [0.25, 0.3) is 0 Å². The SMILES string of the molecule is O=c1cnn(C2OC(COP(=O)([O-])OP(=O)([O-])OP(=O)([O-])[O-])C(O)C2O)c(=O)[nH]1. The van der Waals surface area contributed by atoms with Crippen LogP contribution in [0, 0.1) is 0 Å². The summed E-state index contributed by atoms with van der Waals surface area (Å²) in [6, 6.07) is 0. The molecule has 0 bridgehead atoms. The Labute approximate surface area is 158 Å². The second-order valence-corrected chi connectivity index (χ2v) is 9.48. The van der Waals surface area contributed by atoms with E-state index in [-0.39, 0.29) is 0 Å². The normalized spacial score (nSPS) is 29.3. The van der Waals surface area contributed by atoms with Crippen molar-refractivity contribution in [2.24, 2.45) is 0 Å². The number of aromatic nitrogens is 3. The van der Waals surface area contributed by atoms with Crippen molar-refractivity contribution in [2.75, 3.05) is 6.61 Å². The van der Waals surface area contributed by atoms with E-state index in [2.05, 4.69) is 18.2 Å². The molecule has 6 atom stereocenters. The molecule has 0 aliphatic carbocycles. The molecule has 0 aromatic carbocycles. The molecule has 6 unspecified atom stereocenters. The van der Waals surface area contributed by atoms with Gasteiger partial charge in [-0.25, -0.2) is 9.11 Å². The lowest BCUT2D eigenvalue weighted by atomic mass is 10.1. The minimum atomic E-state index is -6.18. The molecule has 18 nitrogen and oxygen atoms in total. The highest BCUT2D eigenvalue weighted by Crippen LogP contribution is 2.60. The van der Waals surface area contributed by atoms with Gasteiger partial charge in [0, 0.05) is 0 Å². The highest BCUT2D eigenvalue weighted by Gasteiger charge is 2.45. The van der Waals surface area contributed by atoms with Crippen LogP contribution in [0.1, 0.15) is 6.23 Å². The minimum Gasteiger partial charge on any atom is -0.790 e. The van der Waals surface area contributed by atoms with E-state index in [1.807, 2.05) is 0 Å². The summed E-state index contributed by atoms with van der Waals surface area (Å²) in [6.07, 6.45) is -6.51. The summed E-state index contributed by atoms with van der Waals surface area (Å²) in [4.78, 5) is 67.4. The Morgan fingerprint density at radius 2 is 1.72 bits per heavy atom. The molecule has 0 spiro atoms. The van der Waals surface area contributed by atoms with Crippen molar-refractivity contribution >= 4 is 23.5 Å². The molecule has 29 heavy (non-hydrogen) atoms. The first kappa shape index (κ1) is 24.2. The summed E-state index contributed by atoms with van der Waals surface area (Å²) >= 11 is 0. The fraction of sp³-hybridized carbons (Fsp3) is 0.625. The molecular weight excluding hydrogens is 471 g/mol. The number of H-pyrrole nitrogens is 1. The summed E-state index contributed by atoms with van der Waals surface area (Å²) in [5.41, 5.74) is -2.02. The second-order valence-electron chi connectivity index (χ2n) is 5.23. The lowest BCUT2D eigenvalue weighted by Gasteiger charge is -2.37. The molecular formula is C8H10N3O15P3-4. The number of nitrogens with zero attached hydrogens (tertiary/aromatic N) is 2. The van der Waals surface area contributed by atoms with Crippen molar-refractivity contribution in [3.05, 3.63) is 27.0 Å². The van der Waals surface area contributed by atoms with Crippen molar-refractivity contribution in [1.29, 1.82) is 0 Å². The maximum absolute atomic E-state index is 11.6. The highest BCUT2D eigenvalue weighted by atomic mass is 31.3. The van der Waals surface area contributed by atoms with Gasteiger partial charge < -0.3 is 43.6 Å². The van der Waals surface area contributed by atoms with Crippen LogP contribution in [-0.2, 0) is 31.6 Å². The highest BCUT2D eigenvalue weighted by molar-refractivity contribution is 7.64. The summed E-state index contributed by atoms with van der Waals surface area (Å²) in [7, 11) is -18.2. The molecule has 166 valence electrons. The Morgan fingerprint density at radius 1 is 1.10 bits per heavy atom. The maximum atomic E-state index is 11.6. The topological polar surface area (TPSA) is 289 Å². The van der Waals surface area contributed by atoms with Gasteiger partial charge >= 0.3 is 5.69 Å². The van der Waals surface area contributed by atoms with Crippen LogP contribution in [-0.4, -0.2) is 49.9 Å². The van der Waals surface area contributed by atoms with E-state index in [1.165, 1.54) is 0 Å². The molecule has 1 aromatic rings. The first-order valence-corrected chi connectivity index (χ1v) is 11.4. The largest absolute Gasteiger partial charge is 0.790 e. The van der Waals surface area contributed by atoms with Gasteiger partial charge in [0.1, 0.15) is 24.5 Å². The molecule has 2 heterocycles. The van der Waals surface area contributed by atoms with Crippen LogP contribution < -0.4 is 30.8 Å². The third-order valence-electron chi connectivity index (χ3n) is 3.11. The van der Waals surface area contributed by atoms with Crippen molar-refractivity contribution < 1.29 is 61.4 Å². The first-order chi connectivity index (χ1) is 13.1. The summed E-state index contributed by atoms with van der Waals surface area (Å²) in [6.45, 7) is -1.19. The van der Waals surface area contributed by atoms with Crippen molar-refractivity contribution in [2.45, 2.75) is 24.5 Å². The molecule has 1 saturated heterocycles. The Hall–Kier alpha value is -1.10. The first-order valence-electron chi connectivity index (χ1n) is 7.01. The molecule has 0 amide bonds. The number of phosphoric ester groups is 1. The summed E-state index contributed by atoms with van der Waals surface area (Å²) < 4.78 is 48.5. The lowest BCUT2D eigenvalue weighted by molar-refractivity contribution is -0.339. The molecule has 1 fully saturated rings. The molecule has 1 aliphatic rings. The van der Waals surface area contributed by atoms with Crippen molar-refractivity contribution in [3.8, 4) is 0 Å². The zero-order valence-electron chi connectivity index (χ0n) is 13.5. The smallest absolute Gasteiger partial charge is 0.347 e. The quantitative estimate of drug-likeness (QED) is 0.292. The van der Waals surface area contributed by atoms with Gasteiger partial charge in [-0.05, 0) is 0 Å². The average Bonchev–Trinajstić information content (AvgIpc) is 2.78. The molecule has 21 heteroatoms. The van der Waals surface area contributed by atoms with E-state index in [0.717, 1.165) is 0 Å². The Morgan fingerprint density at radius 3 is 2.28 bits per heavy atom. The number of phosphoric acid groups is 3. The molecule has 1 aliphatic heterocycles. The van der Waals surface area contributed by atoms with Gasteiger partial charge in [-0.2, -0.15) is 9.78 Å². The van der Waals surface area contributed by atoms with Crippen molar-refractivity contribution in [3.63, 3.8) is 0 Å². The Balaban J connectivity index is 2.06. The maximum Gasteiger partial charge on any atom is 0.347 e. The minimum absolute atomic E-state index is 0.419. The van der Waals surface area contributed by atoms with E-state index in [0.29, 0.717) is 10.9 Å². The standard InChI is InChI=1S/C8H14N3O15P3/c12-4-1-9-11(8(15)10-4)7-6(14)5(13)3(24-7)2-23-28(19,20)26-29(21,22)25-27(16,17)18/h1,3,5-7,13-14H,2H2,(H,19,20)(H,21,22)(H,10,12,15)(H2,16,17,18)/p-4. The zero-order chi connectivity index (χ0) is 22.2. The van der Waals surface area contributed by atoms with E-state index >= 15 is 0 Å². The predicted octanol–water partition coefficient (Wildman–Crippen LogP) is -5.63. The van der Waals surface area contributed by atoms with Crippen LogP contribution >= 0.6 is 23.5 Å². The molecule has 2 rings (SSSR count). The number of ether oxygens (including phenoxy) is 1. The number of aliphatic hydroxyl groups is 2. The third kappa shape index (κ3) is 6.70. The van der Waals surface area contributed by atoms with Crippen molar-refractivity contribution in [1.82, 2.24) is 14.8 Å². The number of rotatable bonds is 8. The van der Waals surface area contributed by atoms with Gasteiger partial charge in [-0.15, -0.1) is 0 Å². The third-order valence-corrected chi connectivity index (χ3v) is 6.78. The average molecular weight is 481 g/mol. The summed E-state index contributed by atoms with van der Waals surface area (Å²) in [5, 5.41) is 23.1. The molecule has 0 radical (unpaired) electrons. The predicted molar refractivity (Wildman–Crippen MR) is 76.0 cm³/mol. The van der Waals surface area contributed by atoms with Gasteiger partial charge in [0.2, 0.25) is 0 Å². The van der Waals surface area contributed by atoms with Crippen LogP contribution in [0.5, 0.6) is 0 Å². The van der Waals surface area contributed by atoms with Gasteiger partial charge in [0.05, 0.1) is 14.4 Å². The summed E-state index contributed by atoms with van der Waals surface area (Å²) in [5.74, 6) is 0. The van der Waals surface area contributed by atoms with E-state index in [1.54, 1.807) is 4.98 Å². The number of aliphatic hydroxyl groups excluding tert-OH is 2. The lowest BCUT2D eigenvalue weighted by Crippen LogP contribution is -2.39. The number of aromatic amines is 1. The van der Waals surface area contributed by atoms with Crippen LogP contribution in [0.2, 0.25) is 0 Å².